The first kappa shape index (κ1) is 54.5. The fourth-order valence-electron chi connectivity index (χ4n) is 7.02. The summed E-state index contributed by atoms with van der Waals surface area (Å²) in [6.45, 7) is 6.44. The van der Waals surface area contributed by atoms with Crippen LogP contribution >= 0.6 is 7.60 Å². The molecule has 2 unspecified atom stereocenters. The summed E-state index contributed by atoms with van der Waals surface area (Å²) in [4.78, 5) is 11.2. The van der Waals surface area contributed by atoms with Crippen LogP contribution in [0.2, 0.25) is 0 Å². The van der Waals surface area contributed by atoms with Crippen molar-refractivity contribution in [1.82, 2.24) is 0 Å². The number of hydrogen-bond acceptors (Lipinski definition) is 5. The van der Waals surface area contributed by atoms with E-state index in [0.29, 0.717) is 36.6 Å². The molecule has 338 valence electrons. The maximum atomic E-state index is 13.7. The molecule has 0 heterocycles. The van der Waals surface area contributed by atoms with Crippen LogP contribution in [0.1, 0.15) is 194 Å². The van der Waals surface area contributed by atoms with E-state index < -0.39 is 19.5 Å². The van der Waals surface area contributed by atoms with Crippen molar-refractivity contribution in [3.05, 3.63) is 54.6 Å². The lowest BCUT2D eigenvalue weighted by molar-refractivity contribution is -0.871. The van der Waals surface area contributed by atoms with E-state index in [1.54, 1.807) is 12.1 Å². The largest absolute Gasteiger partial charge is 0.472 e. The standard InChI is InChI=1S/C50H92NO6P/c1-6-8-10-12-14-16-18-20-22-24-26-28-30-32-34-39-43-54-46-49(47-56-58(52,53)50(45-51(3,4)5)57-48-41-37-36-38-42-48)55-44-40-35-33-31-29-27-25-23-21-19-17-15-13-11-9-7-2/h20-23,36-38,41-42,49-50H,6-19,24-35,39-40,43-47H2,1-5H3/p+1/b22-20-,23-21-/t49-,50?/m1/s1. The molecule has 0 aliphatic carbocycles. The van der Waals surface area contributed by atoms with Gasteiger partial charge in [0, 0.05) is 13.2 Å². The zero-order valence-electron chi connectivity index (χ0n) is 38.6. The average molecular weight is 835 g/mol. The van der Waals surface area contributed by atoms with Crippen LogP contribution in [0.4, 0.5) is 0 Å². The Morgan fingerprint density at radius 2 is 0.983 bits per heavy atom. The molecule has 7 nitrogen and oxygen atoms in total. The van der Waals surface area contributed by atoms with E-state index in [1.165, 1.54) is 154 Å². The number of benzene rings is 1. The number of unbranched alkanes of at least 4 members (excludes halogenated alkanes) is 24. The Morgan fingerprint density at radius 3 is 1.43 bits per heavy atom. The molecular formula is C50H93NO6P+. The molecule has 0 amide bonds. The summed E-state index contributed by atoms with van der Waals surface area (Å²) in [5, 5.41) is 0. The fourth-order valence-corrected chi connectivity index (χ4v) is 8.51. The van der Waals surface area contributed by atoms with Gasteiger partial charge in [0.15, 0.2) is 0 Å². The molecule has 0 aliphatic rings. The van der Waals surface area contributed by atoms with E-state index in [-0.39, 0.29) is 6.61 Å². The molecule has 0 aromatic heterocycles. The number of hydrogen-bond donors (Lipinski definition) is 1. The molecule has 1 N–H and O–H groups in total. The molecule has 1 aromatic rings. The predicted octanol–water partition coefficient (Wildman–Crippen LogP) is 14.8. The highest BCUT2D eigenvalue weighted by Crippen LogP contribution is 2.49. The molecule has 1 rings (SSSR count). The van der Waals surface area contributed by atoms with Gasteiger partial charge in [0.25, 0.3) is 0 Å². The highest BCUT2D eigenvalue weighted by Gasteiger charge is 2.39. The van der Waals surface area contributed by atoms with E-state index in [0.717, 1.165) is 25.7 Å². The van der Waals surface area contributed by atoms with Gasteiger partial charge in [-0.1, -0.05) is 172 Å². The Bertz CT molecular complexity index is 1120. The summed E-state index contributed by atoms with van der Waals surface area (Å²) >= 11 is 0. The zero-order valence-corrected chi connectivity index (χ0v) is 39.5. The topological polar surface area (TPSA) is 74.2 Å². The van der Waals surface area contributed by atoms with Crippen LogP contribution in [0.5, 0.6) is 5.75 Å². The highest BCUT2D eigenvalue weighted by molar-refractivity contribution is 7.53. The minimum absolute atomic E-state index is 0.0145. The molecule has 0 radical (unpaired) electrons. The Morgan fingerprint density at radius 1 is 0.569 bits per heavy atom. The van der Waals surface area contributed by atoms with Crippen LogP contribution in [0.15, 0.2) is 54.6 Å². The third-order valence-corrected chi connectivity index (χ3v) is 12.2. The van der Waals surface area contributed by atoms with Crippen molar-refractivity contribution in [3.63, 3.8) is 0 Å². The van der Waals surface area contributed by atoms with Gasteiger partial charge in [0.1, 0.15) is 18.4 Å². The number of para-hydroxylation sites is 1. The smallest absolute Gasteiger partial charge is 0.374 e. The Balaban J connectivity index is 2.41. The molecule has 0 aliphatic heterocycles. The molecule has 0 saturated carbocycles. The molecule has 0 saturated heterocycles. The van der Waals surface area contributed by atoms with Crippen LogP contribution in [0.3, 0.4) is 0 Å². The third kappa shape index (κ3) is 35.3. The van der Waals surface area contributed by atoms with Crippen molar-refractivity contribution in [2.24, 2.45) is 0 Å². The number of allylic oxidation sites excluding steroid dienone is 4. The van der Waals surface area contributed by atoms with E-state index in [4.69, 9.17) is 18.7 Å². The number of nitrogens with zero attached hydrogens (tertiary/aromatic N) is 1. The lowest BCUT2D eigenvalue weighted by Crippen LogP contribution is -2.44. The SMILES string of the molecule is CCCCCCCC/C=C\CCCCCCCCOC[C@H](COP(=O)(O)C(C[N+](C)(C)C)Oc1ccccc1)OCCCCCCCC/C=C\CCCCCCCC. The average Bonchev–Trinajstić information content (AvgIpc) is 3.20. The molecule has 0 fully saturated rings. The second-order valence-corrected chi connectivity index (χ2v) is 19.6. The van der Waals surface area contributed by atoms with Crippen LogP contribution in [-0.2, 0) is 18.6 Å². The van der Waals surface area contributed by atoms with Gasteiger partial charge < -0.3 is 28.1 Å². The minimum atomic E-state index is -4.16. The van der Waals surface area contributed by atoms with Crippen molar-refractivity contribution in [2.75, 3.05) is 54.1 Å². The summed E-state index contributed by atoms with van der Waals surface area (Å²) in [6.07, 6.45) is 44.7. The van der Waals surface area contributed by atoms with Crippen molar-refractivity contribution in [1.29, 1.82) is 0 Å². The first-order chi connectivity index (χ1) is 28.2. The number of quaternary nitrogens is 1. The van der Waals surface area contributed by atoms with Gasteiger partial charge in [-0.2, -0.15) is 0 Å². The van der Waals surface area contributed by atoms with Crippen molar-refractivity contribution >= 4 is 7.60 Å². The molecule has 1 aromatic carbocycles. The van der Waals surface area contributed by atoms with Gasteiger partial charge >= 0.3 is 7.60 Å². The first-order valence-electron chi connectivity index (χ1n) is 24.2. The van der Waals surface area contributed by atoms with E-state index in [1.807, 2.05) is 39.3 Å². The Kier molecular flexibility index (Phi) is 36.2. The summed E-state index contributed by atoms with van der Waals surface area (Å²) in [5.74, 6) is -0.459. The maximum absolute atomic E-state index is 13.7. The van der Waals surface area contributed by atoms with E-state index in [2.05, 4.69) is 38.2 Å². The van der Waals surface area contributed by atoms with Gasteiger partial charge in [-0.15, -0.1) is 0 Å². The summed E-state index contributed by atoms with van der Waals surface area (Å²) in [7, 11) is 1.78. The van der Waals surface area contributed by atoms with Crippen LogP contribution in [0, 0.1) is 0 Å². The highest BCUT2D eigenvalue weighted by atomic mass is 31.2. The maximum Gasteiger partial charge on any atom is 0.374 e. The van der Waals surface area contributed by atoms with Gasteiger partial charge in [-0.05, 0) is 76.3 Å². The van der Waals surface area contributed by atoms with E-state index in [9.17, 15) is 9.46 Å². The van der Waals surface area contributed by atoms with Crippen molar-refractivity contribution < 1.29 is 32.7 Å². The summed E-state index contributed by atoms with van der Waals surface area (Å²) < 4.78 is 38.3. The lowest BCUT2D eigenvalue weighted by atomic mass is 10.1. The molecule has 0 spiro atoms. The normalized spacial score (nSPS) is 14.4. The quantitative estimate of drug-likeness (QED) is 0.0306. The molecule has 3 atom stereocenters. The monoisotopic (exact) mass is 835 g/mol. The zero-order chi connectivity index (χ0) is 42.3. The van der Waals surface area contributed by atoms with Gasteiger partial charge in [0.2, 0.25) is 5.85 Å². The Labute approximate surface area is 359 Å². The van der Waals surface area contributed by atoms with Gasteiger partial charge in [0.05, 0.1) is 34.4 Å². The van der Waals surface area contributed by atoms with Gasteiger partial charge in [-0.25, -0.2) is 0 Å². The first-order valence-corrected chi connectivity index (χ1v) is 25.8. The number of rotatable bonds is 43. The van der Waals surface area contributed by atoms with Crippen LogP contribution in [-0.4, -0.2) is 75.4 Å². The lowest BCUT2D eigenvalue weighted by Gasteiger charge is -2.31. The number of ether oxygens (including phenoxy) is 3. The predicted molar refractivity (Wildman–Crippen MR) is 249 cm³/mol. The number of likely N-dealkylation sites (N-methyl/N-ethyl adjacent to an activating group) is 1. The van der Waals surface area contributed by atoms with Crippen molar-refractivity contribution in [3.8, 4) is 5.75 Å². The van der Waals surface area contributed by atoms with Crippen LogP contribution in [0.25, 0.3) is 0 Å². The minimum Gasteiger partial charge on any atom is -0.472 e. The van der Waals surface area contributed by atoms with Crippen molar-refractivity contribution in [2.45, 2.75) is 206 Å². The third-order valence-electron chi connectivity index (χ3n) is 10.6. The summed E-state index contributed by atoms with van der Waals surface area (Å²) in [6, 6.07) is 9.21. The molecule has 0 bridgehead atoms. The molecule has 58 heavy (non-hydrogen) atoms. The molecular weight excluding hydrogens is 742 g/mol. The fraction of sp³-hybridized carbons (Fsp3) is 0.800. The second kappa shape index (κ2) is 38.5. The van der Waals surface area contributed by atoms with Crippen LogP contribution < -0.4 is 4.74 Å². The second-order valence-electron chi connectivity index (χ2n) is 17.7. The Hall–Kier alpha value is -1.47. The van der Waals surface area contributed by atoms with Gasteiger partial charge in [-0.3, -0.25) is 4.57 Å². The summed E-state index contributed by atoms with van der Waals surface area (Å²) in [5.41, 5.74) is 0. The molecule has 8 heteroatoms. The van der Waals surface area contributed by atoms with E-state index >= 15 is 0 Å².